The van der Waals surface area contributed by atoms with E-state index in [9.17, 15) is 0 Å². The summed E-state index contributed by atoms with van der Waals surface area (Å²) in [5.74, 6) is 0. The highest BCUT2D eigenvalue weighted by Gasteiger charge is 2.12. The summed E-state index contributed by atoms with van der Waals surface area (Å²) in [4.78, 5) is 0. The second kappa shape index (κ2) is 7.57. The van der Waals surface area contributed by atoms with E-state index in [1.807, 2.05) is 12.1 Å². The number of ether oxygens (including phenoxy) is 1. The van der Waals surface area contributed by atoms with Gasteiger partial charge in [-0.2, -0.15) is 0 Å². The monoisotopic (exact) mass is 265 g/mol. The summed E-state index contributed by atoms with van der Waals surface area (Å²) in [7, 11) is 0. The van der Waals surface area contributed by atoms with E-state index in [0.29, 0.717) is 0 Å². The first-order chi connectivity index (χ1) is 8.84. The Balaban J connectivity index is 1.58. The van der Waals surface area contributed by atoms with Crippen molar-refractivity contribution in [1.82, 2.24) is 5.32 Å². The van der Waals surface area contributed by atoms with E-state index >= 15 is 0 Å². The van der Waals surface area contributed by atoms with E-state index in [-0.39, 0.29) is 6.10 Å². The SMILES string of the molecule is ClC1=CC(OCCNCc2ccccc2)CCC1. The molecule has 0 saturated carbocycles. The molecular formula is C15H20ClNO. The molecule has 1 atom stereocenters. The molecule has 0 aliphatic heterocycles. The number of rotatable bonds is 6. The summed E-state index contributed by atoms with van der Waals surface area (Å²) in [5, 5.41) is 4.32. The molecule has 0 spiro atoms. The number of allylic oxidation sites excluding steroid dienone is 1. The summed E-state index contributed by atoms with van der Waals surface area (Å²) >= 11 is 6.00. The predicted molar refractivity (Wildman–Crippen MR) is 75.7 cm³/mol. The maximum atomic E-state index is 6.00. The number of nitrogens with one attached hydrogen (secondary N) is 1. The third-order valence-corrected chi connectivity index (χ3v) is 3.37. The minimum atomic E-state index is 0.213. The summed E-state index contributed by atoms with van der Waals surface area (Å²) in [6.07, 6.45) is 5.49. The Morgan fingerprint density at radius 2 is 2.11 bits per heavy atom. The van der Waals surface area contributed by atoms with Crippen molar-refractivity contribution in [3.05, 3.63) is 47.0 Å². The largest absolute Gasteiger partial charge is 0.373 e. The molecule has 1 aliphatic rings. The van der Waals surface area contributed by atoms with Crippen LogP contribution in [0.25, 0.3) is 0 Å². The molecule has 0 radical (unpaired) electrons. The molecule has 2 rings (SSSR count). The molecule has 2 nitrogen and oxygen atoms in total. The number of benzene rings is 1. The second-order valence-corrected chi connectivity index (χ2v) is 5.06. The van der Waals surface area contributed by atoms with Gasteiger partial charge in [-0.1, -0.05) is 41.9 Å². The highest BCUT2D eigenvalue weighted by atomic mass is 35.5. The van der Waals surface area contributed by atoms with Crippen molar-refractivity contribution in [3.8, 4) is 0 Å². The molecule has 3 heteroatoms. The first-order valence-corrected chi connectivity index (χ1v) is 6.95. The number of hydrogen-bond donors (Lipinski definition) is 1. The Hall–Kier alpha value is -0.830. The third kappa shape index (κ3) is 4.81. The molecule has 1 N–H and O–H groups in total. The van der Waals surface area contributed by atoms with Gasteiger partial charge < -0.3 is 10.1 Å². The van der Waals surface area contributed by atoms with Gasteiger partial charge in [0.1, 0.15) is 0 Å². The Morgan fingerprint density at radius 1 is 1.28 bits per heavy atom. The van der Waals surface area contributed by atoms with Gasteiger partial charge in [-0.05, 0) is 30.9 Å². The van der Waals surface area contributed by atoms with Crippen molar-refractivity contribution in [1.29, 1.82) is 0 Å². The highest BCUT2D eigenvalue weighted by molar-refractivity contribution is 6.29. The fraction of sp³-hybridized carbons (Fsp3) is 0.467. The molecule has 1 aromatic rings. The Morgan fingerprint density at radius 3 is 2.89 bits per heavy atom. The lowest BCUT2D eigenvalue weighted by atomic mass is 10.1. The summed E-state index contributed by atoms with van der Waals surface area (Å²) in [5.41, 5.74) is 1.30. The summed E-state index contributed by atoms with van der Waals surface area (Å²) < 4.78 is 5.77. The third-order valence-electron chi connectivity index (χ3n) is 3.05. The van der Waals surface area contributed by atoms with Crippen molar-refractivity contribution in [3.63, 3.8) is 0 Å². The van der Waals surface area contributed by atoms with Gasteiger partial charge in [0.2, 0.25) is 0 Å². The Labute approximate surface area is 114 Å². The smallest absolute Gasteiger partial charge is 0.0770 e. The average Bonchev–Trinajstić information content (AvgIpc) is 2.40. The first-order valence-electron chi connectivity index (χ1n) is 6.57. The lowest BCUT2D eigenvalue weighted by molar-refractivity contribution is 0.0767. The van der Waals surface area contributed by atoms with E-state index in [0.717, 1.165) is 44.0 Å². The molecule has 1 aromatic carbocycles. The number of halogens is 1. The molecule has 1 aliphatic carbocycles. The minimum absolute atomic E-state index is 0.213. The van der Waals surface area contributed by atoms with Crippen LogP contribution in [0.15, 0.2) is 41.4 Å². The maximum Gasteiger partial charge on any atom is 0.0770 e. The quantitative estimate of drug-likeness (QED) is 0.796. The van der Waals surface area contributed by atoms with Crippen LogP contribution in [0.1, 0.15) is 24.8 Å². The average molecular weight is 266 g/mol. The van der Waals surface area contributed by atoms with E-state index in [1.54, 1.807) is 0 Å². The van der Waals surface area contributed by atoms with E-state index in [1.165, 1.54) is 5.56 Å². The van der Waals surface area contributed by atoms with Gasteiger partial charge in [-0.25, -0.2) is 0 Å². The van der Waals surface area contributed by atoms with Crippen molar-refractivity contribution < 1.29 is 4.74 Å². The molecule has 0 saturated heterocycles. The standard InChI is InChI=1S/C15H20ClNO/c16-14-7-4-8-15(11-14)18-10-9-17-12-13-5-2-1-3-6-13/h1-3,5-6,11,15,17H,4,7-10,12H2. The topological polar surface area (TPSA) is 21.3 Å². The maximum absolute atomic E-state index is 6.00. The van der Waals surface area contributed by atoms with Crippen LogP contribution in [0.2, 0.25) is 0 Å². The van der Waals surface area contributed by atoms with Gasteiger partial charge in [0.05, 0.1) is 12.7 Å². The van der Waals surface area contributed by atoms with Crippen LogP contribution in [-0.4, -0.2) is 19.3 Å². The van der Waals surface area contributed by atoms with Crippen molar-refractivity contribution in [2.75, 3.05) is 13.2 Å². The van der Waals surface area contributed by atoms with Crippen molar-refractivity contribution in [2.24, 2.45) is 0 Å². The first kappa shape index (κ1) is 13.6. The highest BCUT2D eigenvalue weighted by Crippen LogP contribution is 2.22. The zero-order valence-corrected chi connectivity index (χ0v) is 11.3. The van der Waals surface area contributed by atoms with Crippen LogP contribution in [0, 0.1) is 0 Å². The van der Waals surface area contributed by atoms with E-state index in [4.69, 9.17) is 16.3 Å². The fourth-order valence-electron chi connectivity index (χ4n) is 2.08. The van der Waals surface area contributed by atoms with Gasteiger partial charge >= 0.3 is 0 Å². The van der Waals surface area contributed by atoms with Crippen molar-refractivity contribution >= 4 is 11.6 Å². The molecule has 0 fully saturated rings. The Bertz CT molecular complexity index is 377. The summed E-state index contributed by atoms with van der Waals surface area (Å²) in [6.45, 7) is 2.50. The van der Waals surface area contributed by atoms with Gasteiger partial charge in [0.15, 0.2) is 0 Å². The van der Waals surface area contributed by atoms with Crippen LogP contribution in [0.3, 0.4) is 0 Å². The fourth-order valence-corrected chi connectivity index (χ4v) is 2.36. The van der Waals surface area contributed by atoms with Crippen LogP contribution in [0.4, 0.5) is 0 Å². The molecule has 0 aromatic heterocycles. The van der Waals surface area contributed by atoms with E-state index in [2.05, 4.69) is 29.6 Å². The van der Waals surface area contributed by atoms with Crippen LogP contribution in [0.5, 0.6) is 0 Å². The second-order valence-electron chi connectivity index (χ2n) is 4.58. The molecule has 18 heavy (non-hydrogen) atoms. The van der Waals surface area contributed by atoms with Crippen molar-refractivity contribution in [2.45, 2.75) is 31.9 Å². The molecule has 1 unspecified atom stereocenters. The van der Waals surface area contributed by atoms with Gasteiger partial charge in [-0.3, -0.25) is 0 Å². The zero-order chi connectivity index (χ0) is 12.6. The summed E-state index contributed by atoms with van der Waals surface area (Å²) in [6, 6.07) is 10.4. The normalized spacial score (nSPS) is 19.6. The van der Waals surface area contributed by atoms with Crippen LogP contribution >= 0.6 is 11.6 Å². The van der Waals surface area contributed by atoms with E-state index < -0.39 is 0 Å². The van der Waals surface area contributed by atoms with Crippen LogP contribution < -0.4 is 5.32 Å². The molecule has 0 amide bonds. The lowest BCUT2D eigenvalue weighted by Gasteiger charge is -2.19. The molecule has 0 bridgehead atoms. The van der Waals surface area contributed by atoms with Gasteiger partial charge in [-0.15, -0.1) is 0 Å². The Kier molecular flexibility index (Phi) is 5.72. The zero-order valence-electron chi connectivity index (χ0n) is 10.6. The minimum Gasteiger partial charge on any atom is -0.373 e. The number of hydrogen-bond acceptors (Lipinski definition) is 2. The van der Waals surface area contributed by atoms with Crippen LogP contribution in [-0.2, 0) is 11.3 Å². The van der Waals surface area contributed by atoms with Gasteiger partial charge in [0, 0.05) is 18.1 Å². The molecule has 98 valence electrons. The lowest BCUT2D eigenvalue weighted by Crippen LogP contribution is -2.23. The predicted octanol–water partition coefficient (Wildman–Crippen LogP) is 3.47. The van der Waals surface area contributed by atoms with Gasteiger partial charge in [0.25, 0.3) is 0 Å². The molecule has 0 heterocycles. The molecular weight excluding hydrogens is 246 g/mol.